The van der Waals surface area contributed by atoms with Gasteiger partial charge in [-0.05, 0) is 34.9 Å². The van der Waals surface area contributed by atoms with E-state index >= 15 is 0 Å². The van der Waals surface area contributed by atoms with Crippen LogP contribution in [-0.4, -0.2) is 12.4 Å². The van der Waals surface area contributed by atoms with Crippen molar-refractivity contribution in [3.05, 3.63) is 0 Å². The van der Waals surface area contributed by atoms with Crippen molar-refractivity contribution in [2.75, 3.05) is 6.61 Å². The Balaban J connectivity index is 2.95. The second-order valence-electron chi connectivity index (χ2n) is 3.69. The quantitative estimate of drug-likeness (QED) is 0.310. The lowest BCUT2D eigenvalue weighted by Crippen LogP contribution is -1.94. The van der Waals surface area contributed by atoms with Crippen molar-refractivity contribution in [3.8, 4) is 0 Å². The summed E-state index contributed by atoms with van der Waals surface area (Å²) in [6.07, 6.45) is 8.78. The molecule has 1 atom stereocenters. The minimum Gasteiger partial charge on any atom is -0.352 e. The summed E-state index contributed by atoms with van der Waals surface area (Å²) >= 11 is 2.25. The number of Topliss-reactive ketones (excluding diaryl/α,β-unsaturated/α-hetero) is 1. The van der Waals surface area contributed by atoms with E-state index in [4.69, 9.17) is 4.52 Å². The first kappa shape index (κ1) is 15.8. The van der Waals surface area contributed by atoms with Crippen LogP contribution < -0.4 is 0 Å². The molecule has 0 aromatic carbocycles. The van der Waals surface area contributed by atoms with Gasteiger partial charge >= 0.3 is 0 Å². The van der Waals surface area contributed by atoms with E-state index in [1.807, 2.05) is 6.92 Å². The lowest BCUT2D eigenvalue weighted by atomic mass is 10.1. The van der Waals surface area contributed by atoms with Gasteiger partial charge in [0.15, 0.2) is 0 Å². The van der Waals surface area contributed by atoms with Crippen LogP contribution >= 0.6 is 28.5 Å². The van der Waals surface area contributed by atoms with Gasteiger partial charge in [0.05, 0.1) is 13.1 Å². The zero-order valence-electron chi connectivity index (χ0n) is 9.56. The molecule has 0 aliphatic carbocycles. The molecule has 0 heterocycles. The molecule has 0 fully saturated rings. The molecular formula is C11H22IO2P. The van der Waals surface area contributed by atoms with Gasteiger partial charge in [0.1, 0.15) is 5.78 Å². The van der Waals surface area contributed by atoms with Gasteiger partial charge in [-0.25, -0.2) is 0 Å². The maximum atomic E-state index is 11.0. The van der Waals surface area contributed by atoms with E-state index in [1.54, 1.807) is 0 Å². The second-order valence-corrected chi connectivity index (χ2v) is 5.45. The minimum absolute atomic E-state index is 0.409. The normalized spacial score (nSPS) is 11.3. The van der Waals surface area contributed by atoms with Crippen LogP contribution in [0.15, 0.2) is 0 Å². The molecule has 0 aliphatic heterocycles. The molecule has 15 heavy (non-hydrogen) atoms. The predicted molar refractivity (Wildman–Crippen MR) is 75.9 cm³/mol. The Morgan fingerprint density at radius 2 is 1.73 bits per heavy atom. The van der Waals surface area contributed by atoms with Gasteiger partial charge in [0.2, 0.25) is 0 Å². The Morgan fingerprint density at radius 1 is 1.13 bits per heavy atom. The summed E-state index contributed by atoms with van der Waals surface area (Å²) in [6.45, 7) is 3.45. The Hall–Kier alpha value is 0.790. The van der Waals surface area contributed by atoms with E-state index in [2.05, 4.69) is 22.0 Å². The summed E-state index contributed by atoms with van der Waals surface area (Å²) in [6, 6.07) is 0. The Morgan fingerprint density at radius 3 is 2.33 bits per heavy atom. The highest BCUT2D eigenvalue weighted by Gasteiger charge is 1.97. The zero-order valence-corrected chi connectivity index (χ0v) is 12.7. The van der Waals surface area contributed by atoms with Gasteiger partial charge in [-0.3, -0.25) is 4.79 Å². The van der Waals surface area contributed by atoms with Crippen LogP contribution in [-0.2, 0) is 9.32 Å². The van der Waals surface area contributed by atoms with Gasteiger partial charge in [-0.2, -0.15) is 0 Å². The monoisotopic (exact) mass is 344 g/mol. The molecular weight excluding hydrogens is 322 g/mol. The fraction of sp³-hybridized carbons (Fsp3) is 0.909. The van der Waals surface area contributed by atoms with Gasteiger partial charge in [0, 0.05) is 12.8 Å². The number of carbonyl (C=O) groups is 1. The summed E-state index contributed by atoms with van der Waals surface area (Å²) in [5.41, 5.74) is 0. The Bertz CT molecular complexity index is 154. The number of carbonyl (C=O) groups excluding carboxylic acids is 1. The molecule has 90 valence electrons. The van der Waals surface area contributed by atoms with Crippen molar-refractivity contribution < 1.29 is 9.32 Å². The van der Waals surface area contributed by atoms with Crippen LogP contribution in [0.1, 0.15) is 58.3 Å². The van der Waals surface area contributed by atoms with E-state index in [0.29, 0.717) is 18.7 Å². The van der Waals surface area contributed by atoms with Gasteiger partial charge in [-0.1, -0.05) is 32.6 Å². The SMILES string of the molecule is CCC(=O)CCCCCCCCOPI. The fourth-order valence-corrected chi connectivity index (χ4v) is 2.30. The van der Waals surface area contributed by atoms with E-state index in [9.17, 15) is 4.79 Å². The predicted octanol–water partition coefficient (Wildman–Crippen LogP) is 4.66. The molecule has 0 saturated heterocycles. The van der Waals surface area contributed by atoms with Crippen LogP contribution in [0.2, 0.25) is 0 Å². The van der Waals surface area contributed by atoms with E-state index < -0.39 is 0 Å². The van der Waals surface area contributed by atoms with Crippen molar-refractivity contribution >= 4 is 34.3 Å². The topological polar surface area (TPSA) is 26.3 Å². The smallest absolute Gasteiger partial charge is 0.132 e. The molecule has 0 aromatic heterocycles. The molecule has 1 unspecified atom stereocenters. The van der Waals surface area contributed by atoms with Gasteiger partial charge in [0.25, 0.3) is 0 Å². The summed E-state index contributed by atoms with van der Waals surface area (Å²) in [5.74, 6) is 0.409. The minimum atomic E-state index is 0.409. The lowest BCUT2D eigenvalue weighted by Gasteiger charge is -2.01. The highest BCUT2D eigenvalue weighted by molar-refractivity contribution is 14.2. The first-order valence-corrected chi connectivity index (χ1v) is 9.82. The van der Waals surface area contributed by atoms with E-state index in [1.165, 1.54) is 32.1 Å². The first-order valence-electron chi connectivity index (χ1n) is 5.80. The molecule has 0 spiro atoms. The van der Waals surface area contributed by atoms with Crippen molar-refractivity contribution in [1.82, 2.24) is 0 Å². The Kier molecular flexibility index (Phi) is 13.5. The number of halogens is 1. The molecule has 4 heteroatoms. The summed E-state index contributed by atoms with van der Waals surface area (Å²) in [5, 5.41) is 0. The first-order chi connectivity index (χ1) is 7.31. The van der Waals surface area contributed by atoms with Crippen LogP contribution in [0, 0.1) is 0 Å². The third-order valence-corrected chi connectivity index (χ3v) is 3.65. The van der Waals surface area contributed by atoms with Crippen molar-refractivity contribution in [2.45, 2.75) is 58.3 Å². The van der Waals surface area contributed by atoms with E-state index in [-0.39, 0.29) is 0 Å². The molecule has 0 rings (SSSR count). The summed E-state index contributed by atoms with van der Waals surface area (Å²) < 4.78 is 5.28. The maximum absolute atomic E-state index is 11.0. The van der Waals surface area contributed by atoms with Crippen LogP contribution in [0.3, 0.4) is 0 Å². The Labute approximate surface area is 108 Å². The van der Waals surface area contributed by atoms with Crippen molar-refractivity contribution in [1.29, 1.82) is 0 Å². The van der Waals surface area contributed by atoms with E-state index in [0.717, 1.165) is 19.4 Å². The molecule has 0 radical (unpaired) electrons. The molecule has 0 N–H and O–H groups in total. The maximum Gasteiger partial charge on any atom is 0.132 e. The lowest BCUT2D eigenvalue weighted by molar-refractivity contribution is -0.118. The molecule has 0 saturated carbocycles. The highest BCUT2D eigenvalue weighted by Crippen LogP contribution is 2.22. The molecule has 0 aliphatic rings. The number of unbranched alkanes of at least 4 members (excludes halogenated alkanes) is 5. The number of rotatable bonds is 11. The largest absolute Gasteiger partial charge is 0.352 e. The average Bonchev–Trinajstić information content (AvgIpc) is 2.26. The van der Waals surface area contributed by atoms with Crippen molar-refractivity contribution in [3.63, 3.8) is 0 Å². The standard InChI is InChI=1S/C11H22IO2P/c1-2-11(13)9-7-5-3-4-6-8-10-14-15-12/h15H,2-10H2,1H3. The number of hydrogen-bond acceptors (Lipinski definition) is 2. The van der Waals surface area contributed by atoms with Gasteiger partial charge < -0.3 is 4.52 Å². The number of hydrogen-bond donors (Lipinski definition) is 0. The molecule has 2 nitrogen and oxygen atoms in total. The van der Waals surface area contributed by atoms with Gasteiger partial charge in [-0.15, -0.1) is 0 Å². The summed E-state index contributed by atoms with van der Waals surface area (Å²) in [7, 11) is 0. The van der Waals surface area contributed by atoms with Crippen LogP contribution in [0.4, 0.5) is 0 Å². The number of ketones is 1. The zero-order chi connectivity index (χ0) is 11.4. The fourth-order valence-electron chi connectivity index (χ4n) is 1.42. The third kappa shape index (κ3) is 12.7. The summed E-state index contributed by atoms with van der Waals surface area (Å²) in [4.78, 5) is 11.0. The third-order valence-electron chi connectivity index (χ3n) is 2.40. The van der Waals surface area contributed by atoms with Crippen molar-refractivity contribution in [2.24, 2.45) is 0 Å². The van der Waals surface area contributed by atoms with Crippen LogP contribution in [0.5, 0.6) is 0 Å². The average molecular weight is 344 g/mol. The highest BCUT2D eigenvalue weighted by atomic mass is 127. The molecule has 0 bridgehead atoms. The molecule has 0 aromatic rings. The van der Waals surface area contributed by atoms with Crippen LogP contribution in [0.25, 0.3) is 0 Å². The molecule has 0 amide bonds. The second kappa shape index (κ2) is 12.9.